The van der Waals surface area contributed by atoms with Crippen LogP contribution in [0.3, 0.4) is 0 Å². The summed E-state index contributed by atoms with van der Waals surface area (Å²) in [6, 6.07) is 6.26. The molecule has 0 aromatic heterocycles. The summed E-state index contributed by atoms with van der Waals surface area (Å²) in [6.45, 7) is 3.90. The van der Waals surface area contributed by atoms with Gasteiger partial charge < -0.3 is 9.47 Å². The molecule has 0 spiro atoms. The lowest BCUT2D eigenvalue weighted by molar-refractivity contribution is -0.0297. The fraction of sp³-hybridized carbons (Fsp3) is 0.800. The monoisotopic (exact) mass is 277 g/mol. The Balaban J connectivity index is 4.46. The van der Waals surface area contributed by atoms with Crippen LogP contribution in [0.25, 0.3) is 0 Å². The third-order valence-corrected chi connectivity index (χ3v) is 3.08. The van der Waals surface area contributed by atoms with Gasteiger partial charge in [0.15, 0.2) is 0 Å². The molecule has 20 heavy (non-hydrogen) atoms. The Morgan fingerprint density at radius 3 is 1.70 bits per heavy atom. The Kier molecular flexibility index (Phi) is 11.4. The van der Waals surface area contributed by atoms with Crippen molar-refractivity contribution < 1.29 is 9.47 Å². The van der Waals surface area contributed by atoms with E-state index in [-0.39, 0.29) is 5.41 Å². The zero-order chi connectivity index (χ0) is 15.1. The second-order valence-electron chi connectivity index (χ2n) is 4.83. The van der Waals surface area contributed by atoms with Crippen molar-refractivity contribution in [3.05, 3.63) is 0 Å². The molecule has 5 heteroatoms. The van der Waals surface area contributed by atoms with Crippen LogP contribution in [0.5, 0.6) is 0 Å². The van der Waals surface area contributed by atoms with Crippen LogP contribution in [0.2, 0.25) is 0 Å². The molecule has 0 aromatic rings. The molecule has 0 bridgehead atoms. The first-order chi connectivity index (χ1) is 9.74. The number of nitrogens with zero attached hydrogens (tertiary/aromatic N) is 3. The van der Waals surface area contributed by atoms with Gasteiger partial charge in [0, 0.05) is 11.8 Å². The third kappa shape index (κ3) is 8.48. The normalized spacial score (nSPS) is 10.5. The second kappa shape index (κ2) is 12.4. The molecule has 0 atom stereocenters. The average Bonchev–Trinajstić information content (AvgIpc) is 2.46. The Hall–Kier alpha value is -1.61. The summed E-state index contributed by atoms with van der Waals surface area (Å²) in [7, 11) is 0. The van der Waals surface area contributed by atoms with E-state index in [1.807, 2.05) is 12.1 Å². The molecule has 0 N–H and O–H groups in total. The van der Waals surface area contributed by atoms with Gasteiger partial charge in [-0.1, -0.05) is 13.3 Å². The molecular weight excluding hydrogens is 254 g/mol. The van der Waals surface area contributed by atoms with E-state index in [2.05, 4.69) is 13.0 Å². The summed E-state index contributed by atoms with van der Waals surface area (Å²) in [5, 5.41) is 25.8. The number of ether oxygens (including phenoxy) is 2. The molecule has 0 aliphatic carbocycles. The Bertz CT molecular complexity index is 341. The maximum atomic E-state index is 8.80. The van der Waals surface area contributed by atoms with Gasteiger partial charge in [-0.3, -0.25) is 0 Å². The van der Waals surface area contributed by atoms with Crippen molar-refractivity contribution in [2.45, 2.75) is 45.4 Å². The van der Waals surface area contributed by atoms with Crippen molar-refractivity contribution in [2.24, 2.45) is 5.41 Å². The zero-order valence-electron chi connectivity index (χ0n) is 12.2. The van der Waals surface area contributed by atoms with Crippen molar-refractivity contribution in [1.29, 1.82) is 15.8 Å². The highest BCUT2D eigenvalue weighted by Gasteiger charge is 2.29. The lowest BCUT2D eigenvalue weighted by Gasteiger charge is -2.32. The van der Waals surface area contributed by atoms with Gasteiger partial charge in [0.25, 0.3) is 0 Å². The molecule has 0 aliphatic rings. The largest absolute Gasteiger partial charge is 0.380 e. The van der Waals surface area contributed by atoms with E-state index in [0.717, 1.165) is 19.3 Å². The minimum atomic E-state index is -0.185. The van der Waals surface area contributed by atoms with Crippen LogP contribution in [0.15, 0.2) is 0 Å². The smallest absolute Gasteiger partial charge is 0.0645 e. The summed E-state index contributed by atoms with van der Waals surface area (Å²) in [5.41, 5.74) is -0.185. The van der Waals surface area contributed by atoms with Gasteiger partial charge >= 0.3 is 0 Å². The molecule has 0 fully saturated rings. The molecule has 0 aromatic carbocycles. The first-order valence-electron chi connectivity index (χ1n) is 7.01. The van der Waals surface area contributed by atoms with Crippen molar-refractivity contribution in [1.82, 2.24) is 0 Å². The lowest BCUT2D eigenvalue weighted by Crippen LogP contribution is -2.33. The minimum absolute atomic E-state index is 0.185. The molecule has 110 valence electrons. The first kappa shape index (κ1) is 18.4. The van der Waals surface area contributed by atoms with Crippen molar-refractivity contribution in [3.8, 4) is 18.2 Å². The van der Waals surface area contributed by atoms with Crippen molar-refractivity contribution >= 4 is 0 Å². The van der Waals surface area contributed by atoms with E-state index in [0.29, 0.717) is 45.7 Å². The van der Waals surface area contributed by atoms with Gasteiger partial charge in [0.2, 0.25) is 0 Å². The molecule has 0 saturated heterocycles. The highest BCUT2D eigenvalue weighted by molar-refractivity contribution is 4.84. The molecule has 0 heterocycles. The average molecular weight is 277 g/mol. The van der Waals surface area contributed by atoms with Crippen molar-refractivity contribution in [3.63, 3.8) is 0 Å². The lowest BCUT2D eigenvalue weighted by atomic mass is 9.80. The zero-order valence-corrected chi connectivity index (χ0v) is 12.2. The number of hydrogen-bond donors (Lipinski definition) is 0. The Morgan fingerprint density at radius 2 is 1.30 bits per heavy atom. The van der Waals surface area contributed by atoms with Gasteiger partial charge in [0.05, 0.1) is 57.5 Å². The van der Waals surface area contributed by atoms with Crippen LogP contribution >= 0.6 is 0 Å². The maximum Gasteiger partial charge on any atom is 0.0645 e. The first-order valence-corrected chi connectivity index (χ1v) is 7.01. The third-order valence-electron chi connectivity index (χ3n) is 3.08. The molecule has 5 nitrogen and oxygen atoms in total. The van der Waals surface area contributed by atoms with Gasteiger partial charge in [-0.25, -0.2) is 0 Å². The summed E-state index contributed by atoms with van der Waals surface area (Å²) in [5.74, 6) is 0. The summed E-state index contributed by atoms with van der Waals surface area (Å²) >= 11 is 0. The predicted molar refractivity (Wildman–Crippen MR) is 74.3 cm³/mol. The van der Waals surface area contributed by atoms with E-state index in [1.54, 1.807) is 0 Å². The highest BCUT2D eigenvalue weighted by Crippen LogP contribution is 2.31. The second-order valence-corrected chi connectivity index (χ2v) is 4.83. The molecule has 0 unspecified atom stereocenters. The molecule has 0 radical (unpaired) electrons. The molecule has 0 aliphatic heterocycles. The van der Waals surface area contributed by atoms with E-state index in [1.165, 1.54) is 0 Å². The van der Waals surface area contributed by atoms with Crippen LogP contribution in [0, 0.1) is 39.4 Å². The molecule has 0 rings (SSSR count). The predicted octanol–water partition coefficient (Wildman–Crippen LogP) is 2.94. The number of nitriles is 3. The van der Waals surface area contributed by atoms with Crippen LogP contribution in [0.1, 0.15) is 45.4 Å². The molecule has 0 amide bonds. The van der Waals surface area contributed by atoms with Gasteiger partial charge in [-0.05, 0) is 12.8 Å². The van der Waals surface area contributed by atoms with E-state index in [4.69, 9.17) is 25.3 Å². The van der Waals surface area contributed by atoms with Gasteiger partial charge in [0.1, 0.15) is 0 Å². The van der Waals surface area contributed by atoms with Crippen LogP contribution in [0.4, 0.5) is 0 Å². The van der Waals surface area contributed by atoms with Gasteiger partial charge in [-0.2, -0.15) is 15.8 Å². The number of rotatable bonds is 12. The van der Waals surface area contributed by atoms with Crippen molar-refractivity contribution in [2.75, 3.05) is 26.4 Å². The fourth-order valence-corrected chi connectivity index (χ4v) is 2.12. The molecule has 0 saturated carbocycles. The van der Waals surface area contributed by atoms with E-state index >= 15 is 0 Å². The maximum absolute atomic E-state index is 8.80. The van der Waals surface area contributed by atoms with Crippen LogP contribution in [-0.2, 0) is 9.47 Å². The van der Waals surface area contributed by atoms with Crippen LogP contribution in [-0.4, -0.2) is 26.4 Å². The van der Waals surface area contributed by atoms with E-state index in [9.17, 15) is 0 Å². The molecular formula is C15H23N3O2. The fourth-order valence-electron chi connectivity index (χ4n) is 2.12. The topological polar surface area (TPSA) is 89.8 Å². The summed E-state index contributed by atoms with van der Waals surface area (Å²) in [6.07, 6.45) is 3.81. The van der Waals surface area contributed by atoms with Crippen LogP contribution < -0.4 is 0 Å². The quantitative estimate of drug-likeness (QED) is 0.511. The number of hydrogen-bond acceptors (Lipinski definition) is 5. The highest BCUT2D eigenvalue weighted by atomic mass is 16.5. The Morgan fingerprint density at radius 1 is 0.800 bits per heavy atom. The summed E-state index contributed by atoms with van der Waals surface area (Å²) in [4.78, 5) is 0. The SMILES string of the molecule is CCCC(CCC#N)(COCCC#N)COCCC#N. The van der Waals surface area contributed by atoms with E-state index < -0.39 is 0 Å². The summed E-state index contributed by atoms with van der Waals surface area (Å²) < 4.78 is 11.1. The van der Waals surface area contributed by atoms with Gasteiger partial charge in [-0.15, -0.1) is 0 Å². The Labute approximate surface area is 121 Å². The standard InChI is InChI=1S/C15H23N3O2/c1-2-6-15(7-3-8-16,13-19-11-4-9-17)14-20-12-5-10-18/h2-7,11-14H2,1H3. The minimum Gasteiger partial charge on any atom is -0.380 e.